The van der Waals surface area contributed by atoms with Gasteiger partial charge in [-0.3, -0.25) is 9.79 Å². The molecule has 1 aliphatic heterocycles. The lowest BCUT2D eigenvalue weighted by Gasteiger charge is -2.20. The van der Waals surface area contributed by atoms with Crippen molar-refractivity contribution >= 4 is 11.9 Å². The summed E-state index contributed by atoms with van der Waals surface area (Å²) in [6.45, 7) is 3.84. The number of methoxy groups -OCH3 is 3. The zero-order chi connectivity index (χ0) is 19.8. The monoisotopic (exact) mass is 378 g/mol. The van der Waals surface area contributed by atoms with Crippen molar-refractivity contribution in [1.82, 2.24) is 15.5 Å². The second kappa shape index (κ2) is 9.89. The topological polar surface area (TPSA) is 84.4 Å². The van der Waals surface area contributed by atoms with Crippen LogP contribution in [-0.4, -0.2) is 64.3 Å². The van der Waals surface area contributed by atoms with Crippen molar-refractivity contribution in [2.75, 3.05) is 41.5 Å². The lowest BCUT2D eigenvalue weighted by atomic mass is 10.1. The van der Waals surface area contributed by atoms with Crippen LogP contribution in [0.15, 0.2) is 17.1 Å². The van der Waals surface area contributed by atoms with E-state index in [-0.39, 0.29) is 11.9 Å². The first-order chi connectivity index (χ1) is 13.1. The Kier molecular flexibility index (Phi) is 7.57. The zero-order valence-electron chi connectivity index (χ0n) is 16.8. The third kappa shape index (κ3) is 5.18. The largest absolute Gasteiger partial charge is 0.496 e. The van der Waals surface area contributed by atoms with Crippen LogP contribution in [-0.2, 0) is 11.3 Å². The highest BCUT2D eigenvalue weighted by molar-refractivity contribution is 5.80. The van der Waals surface area contributed by atoms with E-state index < -0.39 is 0 Å². The Hall–Kier alpha value is -2.64. The van der Waals surface area contributed by atoms with Gasteiger partial charge in [0.25, 0.3) is 0 Å². The molecular formula is C19H30N4O4. The molecule has 0 saturated carbocycles. The number of benzene rings is 1. The van der Waals surface area contributed by atoms with E-state index >= 15 is 0 Å². The second-order valence-electron chi connectivity index (χ2n) is 6.26. The van der Waals surface area contributed by atoms with Gasteiger partial charge in [0.05, 0.1) is 33.4 Å². The lowest BCUT2D eigenvalue weighted by molar-refractivity contribution is -0.129. The molecule has 0 aliphatic carbocycles. The van der Waals surface area contributed by atoms with Crippen molar-refractivity contribution in [3.63, 3.8) is 0 Å². The quantitative estimate of drug-likeness (QED) is 0.551. The third-order valence-corrected chi connectivity index (χ3v) is 4.66. The zero-order valence-corrected chi connectivity index (χ0v) is 16.8. The Bertz CT molecular complexity index is 653. The number of hydrogen-bond donors (Lipinski definition) is 2. The molecule has 0 radical (unpaired) electrons. The Labute approximate surface area is 160 Å². The molecule has 1 aromatic carbocycles. The fourth-order valence-electron chi connectivity index (χ4n) is 3.14. The van der Waals surface area contributed by atoms with Gasteiger partial charge in [0.15, 0.2) is 5.96 Å². The standard InChI is InChI=1S/C19H30N4O4/c1-6-18(24)23-8-7-13(12-23)22-19(20-2)21-11-15-16(26-4)9-14(25-3)10-17(15)27-5/h9-10,13H,6-8,11-12H2,1-5H3,(H2,20,21,22). The lowest BCUT2D eigenvalue weighted by Crippen LogP contribution is -2.44. The van der Waals surface area contributed by atoms with Crippen LogP contribution in [0.2, 0.25) is 0 Å². The average molecular weight is 378 g/mol. The number of aliphatic imine (C=N–C) groups is 1. The van der Waals surface area contributed by atoms with Gasteiger partial charge >= 0.3 is 0 Å². The summed E-state index contributed by atoms with van der Waals surface area (Å²) in [5, 5.41) is 6.67. The fraction of sp³-hybridized carbons (Fsp3) is 0.579. The molecular weight excluding hydrogens is 348 g/mol. The number of rotatable bonds is 7. The number of nitrogens with zero attached hydrogens (tertiary/aromatic N) is 2. The maximum atomic E-state index is 11.8. The Balaban J connectivity index is 2.01. The van der Waals surface area contributed by atoms with E-state index in [1.54, 1.807) is 28.4 Å². The van der Waals surface area contributed by atoms with Crippen molar-refractivity contribution in [2.24, 2.45) is 4.99 Å². The van der Waals surface area contributed by atoms with Gasteiger partial charge in [0.2, 0.25) is 5.91 Å². The number of hydrogen-bond acceptors (Lipinski definition) is 5. The Morgan fingerprint density at radius 2 is 1.89 bits per heavy atom. The van der Waals surface area contributed by atoms with Crippen molar-refractivity contribution in [3.8, 4) is 17.2 Å². The maximum absolute atomic E-state index is 11.8. The van der Waals surface area contributed by atoms with E-state index in [2.05, 4.69) is 15.6 Å². The summed E-state index contributed by atoms with van der Waals surface area (Å²) in [5.74, 6) is 2.88. The summed E-state index contributed by atoms with van der Waals surface area (Å²) in [4.78, 5) is 18.0. The first kappa shape index (κ1) is 20.7. The molecule has 1 unspecified atom stereocenters. The average Bonchev–Trinajstić information content (AvgIpc) is 3.18. The first-order valence-electron chi connectivity index (χ1n) is 9.10. The van der Waals surface area contributed by atoms with E-state index in [0.29, 0.717) is 42.7 Å². The van der Waals surface area contributed by atoms with E-state index in [0.717, 1.165) is 18.5 Å². The molecule has 1 fully saturated rings. The van der Waals surface area contributed by atoms with Crippen molar-refractivity contribution in [1.29, 1.82) is 0 Å². The predicted molar refractivity (Wildman–Crippen MR) is 105 cm³/mol. The summed E-state index contributed by atoms with van der Waals surface area (Å²) >= 11 is 0. The van der Waals surface area contributed by atoms with Gasteiger partial charge in [-0.15, -0.1) is 0 Å². The van der Waals surface area contributed by atoms with Crippen molar-refractivity contribution in [2.45, 2.75) is 32.4 Å². The minimum Gasteiger partial charge on any atom is -0.496 e. The molecule has 8 nitrogen and oxygen atoms in total. The normalized spacial score (nSPS) is 16.9. The Morgan fingerprint density at radius 1 is 1.22 bits per heavy atom. The highest BCUT2D eigenvalue weighted by Gasteiger charge is 2.26. The fourth-order valence-corrected chi connectivity index (χ4v) is 3.14. The van der Waals surface area contributed by atoms with Gasteiger partial charge in [-0.25, -0.2) is 0 Å². The molecule has 0 spiro atoms. The van der Waals surface area contributed by atoms with Crippen molar-refractivity contribution in [3.05, 3.63) is 17.7 Å². The van der Waals surface area contributed by atoms with Crippen LogP contribution in [0, 0.1) is 0 Å². The minimum atomic E-state index is 0.186. The van der Waals surface area contributed by atoms with E-state index in [4.69, 9.17) is 14.2 Å². The van der Waals surface area contributed by atoms with Gasteiger partial charge in [-0.2, -0.15) is 0 Å². The molecule has 2 N–H and O–H groups in total. The second-order valence-corrected chi connectivity index (χ2v) is 6.26. The predicted octanol–water partition coefficient (Wildman–Crippen LogP) is 1.39. The van der Waals surface area contributed by atoms with E-state index in [1.165, 1.54) is 0 Å². The van der Waals surface area contributed by atoms with Gasteiger partial charge in [-0.1, -0.05) is 6.92 Å². The van der Waals surface area contributed by atoms with E-state index in [1.807, 2.05) is 24.0 Å². The van der Waals surface area contributed by atoms with Crippen LogP contribution in [0.4, 0.5) is 0 Å². The molecule has 1 saturated heterocycles. The molecule has 1 heterocycles. The van der Waals surface area contributed by atoms with Crippen LogP contribution in [0.5, 0.6) is 17.2 Å². The molecule has 8 heteroatoms. The van der Waals surface area contributed by atoms with Crippen molar-refractivity contribution < 1.29 is 19.0 Å². The molecule has 1 aliphatic rings. The summed E-state index contributed by atoms with van der Waals surface area (Å²) in [5.41, 5.74) is 0.873. The van der Waals surface area contributed by atoms with Crippen LogP contribution < -0.4 is 24.8 Å². The summed E-state index contributed by atoms with van der Waals surface area (Å²) in [6.07, 6.45) is 1.44. The summed E-state index contributed by atoms with van der Waals surface area (Å²) in [7, 11) is 6.55. The van der Waals surface area contributed by atoms with Gasteiger partial charge in [0, 0.05) is 44.7 Å². The molecule has 1 aromatic rings. The number of carbonyl (C=O) groups is 1. The highest BCUT2D eigenvalue weighted by atomic mass is 16.5. The maximum Gasteiger partial charge on any atom is 0.222 e. The van der Waals surface area contributed by atoms with Gasteiger partial charge < -0.3 is 29.7 Å². The number of likely N-dealkylation sites (tertiary alicyclic amines) is 1. The summed E-state index contributed by atoms with van der Waals surface area (Å²) in [6, 6.07) is 3.83. The van der Waals surface area contributed by atoms with E-state index in [9.17, 15) is 4.79 Å². The third-order valence-electron chi connectivity index (χ3n) is 4.66. The summed E-state index contributed by atoms with van der Waals surface area (Å²) < 4.78 is 16.2. The number of carbonyl (C=O) groups excluding carboxylic acids is 1. The number of guanidine groups is 1. The molecule has 150 valence electrons. The molecule has 1 atom stereocenters. The Morgan fingerprint density at radius 3 is 2.41 bits per heavy atom. The first-order valence-corrected chi connectivity index (χ1v) is 9.10. The molecule has 0 bridgehead atoms. The number of ether oxygens (including phenoxy) is 3. The van der Waals surface area contributed by atoms with Gasteiger partial charge in [0.1, 0.15) is 17.2 Å². The molecule has 27 heavy (non-hydrogen) atoms. The minimum absolute atomic E-state index is 0.186. The molecule has 2 rings (SSSR count). The van der Waals surface area contributed by atoms with Crippen LogP contribution in [0.1, 0.15) is 25.3 Å². The smallest absolute Gasteiger partial charge is 0.222 e. The van der Waals surface area contributed by atoms with Crippen LogP contribution >= 0.6 is 0 Å². The number of nitrogens with one attached hydrogen (secondary N) is 2. The van der Waals surface area contributed by atoms with Gasteiger partial charge in [-0.05, 0) is 6.42 Å². The van der Waals surface area contributed by atoms with Crippen LogP contribution in [0.25, 0.3) is 0 Å². The number of amides is 1. The van der Waals surface area contributed by atoms with Crippen LogP contribution in [0.3, 0.4) is 0 Å². The highest BCUT2D eigenvalue weighted by Crippen LogP contribution is 2.33. The molecule has 1 amide bonds. The SMILES string of the molecule is CCC(=O)N1CCC(NC(=NC)NCc2c(OC)cc(OC)cc2OC)C1. The molecule has 0 aromatic heterocycles.